The molecular weight excluding hydrogens is 226 g/mol. The Morgan fingerprint density at radius 1 is 1.33 bits per heavy atom. The average molecular weight is 233 g/mol. The number of benzene rings is 1. The number of nitrogens with two attached hydrogens (primary N) is 1. The molecule has 0 bridgehead atoms. The Bertz CT molecular complexity index is 499. The molecule has 2 aromatic rings. The van der Waals surface area contributed by atoms with Crippen LogP contribution in [0, 0.1) is 11.3 Å². The number of hydrogen-bond acceptors (Lipinski definition) is 5. The van der Waals surface area contributed by atoms with E-state index >= 15 is 0 Å². The van der Waals surface area contributed by atoms with Crippen LogP contribution in [0.1, 0.15) is 5.69 Å². The summed E-state index contributed by atoms with van der Waals surface area (Å²) in [4.78, 5) is 5.02. The van der Waals surface area contributed by atoms with Crippen LogP contribution in [0.15, 0.2) is 39.4 Å². The molecule has 0 radical (unpaired) electrons. The standard InChI is InChI=1S/C10H7N3S2/c11-6-8-9(15-10(12)13-8)14-7-4-2-1-3-5-7/h1-5H,(H2,12,13). The summed E-state index contributed by atoms with van der Waals surface area (Å²) in [7, 11) is 0. The first-order valence-electron chi connectivity index (χ1n) is 4.19. The fourth-order valence-corrected chi connectivity index (χ4v) is 2.98. The van der Waals surface area contributed by atoms with Gasteiger partial charge >= 0.3 is 0 Å². The minimum atomic E-state index is 0.409. The van der Waals surface area contributed by atoms with Gasteiger partial charge in [-0.25, -0.2) is 4.98 Å². The molecule has 0 unspecified atom stereocenters. The van der Waals surface area contributed by atoms with Crippen LogP contribution in [-0.2, 0) is 0 Å². The molecule has 2 N–H and O–H groups in total. The van der Waals surface area contributed by atoms with E-state index in [4.69, 9.17) is 11.0 Å². The summed E-state index contributed by atoms with van der Waals surface area (Å²) in [5, 5.41) is 9.27. The van der Waals surface area contributed by atoms with Gasteiger partial charge in [0.05, 0.1) is 0 Å². The van der Waals surface area contributed by atoms with Gasteiger partial charge < -0.3 is 5.73 Å². The van der Waals surface area contributed by atoms with Crippen LogP contribution < -0.4 is 5.73 Å². The molecule has 2 rings (SSSR count). The fourth-order valence-electron chi connectivity index (χ4n) is 1.06. The Morgan fingerprint density at radius 2 is 2.07 bits per heavy atom. The second kappa shape index (κ2) is 4.34. The maximum Gasteiger partial charge on any atom is 0.182 e. The Hall–Kier alpha value is -1.51. The summed E-state index contributed by atoms with van der Waals surface area (Å²) < 4.78 is 0.848. The molecule has 0 fully saturated rings. The van der Waals surface area contributed by atoms with E-state index in [1.165, 1.54) is 23.1 Å². The van der Waals surface area contributed by atoms with E-state index in [0.29, 0.717) is 10.8 Å². The maximum absolute atomic E-state index is 8.84. The van der Waals surface area contributed by atoms with Crippen LogP contribution in [0.2, 0.25) is 0 Å². The van der Waals surface area contributed by atoms with E-state index in [0.717, 1.165) is 9.10 Å². The third kappa shape index (κ3) is 2.29. The highest BCUT2D eigenvalue weighted by Gasteiger charge is 2.09. The third-order valence-electron chi connectivity index (χ3n) is 1.67. The highest BCUT2D eigenvalue weighted by molar-refractivity contribution is 8.01. The lowest BCUT2D eigenvalue weighted by Gasteiger charge is -1.96. The molecule has 0 aliphatic heterocycles. The third-order valence-corrected chi connectivity index (χ3v) is 3.74. The fraction of sp³-hybridized carbons (Fsp3) is 0. The molecule has 1 aromatic carbocycles. The Morgan fingerprint density at radius 3 is 2.73 bits per heavy atom. The molecule has 0 spiro atoms. The summed E-state index contributed by atoms with van der Waals surface area (Å²) in [6, 6.07) is 11.9. The highest BCUT2D eigenvalue weighted by atomic mass is 32.2. The zero-order valence-corrected chi connectivity index (χ0v) is 9.31. The quantitative estimate of drug-likeness (QED) is 0.866. The van der Waals surface area contributed by atoms with E-state index in [-0.39, 0.29) is 0 Å². The highest BCUT2D eigenvalue weighted by Crippen LogP contribution is 2.35. The van der Waals surface area contributed by atoms with Crippen LogP contribution >= 0.6 is 23.1 Å². The number of hydrogen-bond donors (Lipinski definition) is 1. The van der Waals surface area contributed by atoms with Gasteiger partial charge in [-0.05, 0) is 12.1 Å². The molecule has 3 nitrogen and oxygen atoms in total. The Kier molecular flexibility index (Phi) is 2.90. The van der Waals surface area contributed by atoms with Crippen LogP contribution in [0.4, 0.5) is 5.13 Å². The first-order chi connectivity index (χ1) is 7.29. The maximum atomic E-state index is 8.84. The molecular formula is C10H7N3S2. The average Bonchev–Trinajstić information content (AvgIpc) is 2.60. The number of nitriles is 1. The van der Waals surface area contributed by atoms with Crippen molar-refractivity contribution in [3.8, 4) is 6.07 Å². The van der Waals surface area contributed by atoms with Crippen LogP contribution in [-0.4, -0.2) is 4.98 Å². The molecule has 74 valence electrons. The van der Waals surface area contributed by atoms with E-state index in [1.54, 1.807) is 0 Å². The topological polar surface area (TPSA) is 62.7 Å². The van der Waals surface area contributed by atoms with Crippen molar-refractivity contribution < 1.29 is 0 Å². The molecule has 0 saturated carbocycles. The largest absolute Gasteiger partial charge is 0.375 e. The summed E-state index contributed by atoms with van der Waals surface area (Å²) >= 11 is 2.85. The van der Waals surface area contributed by atoms with Crippen molar-refractivity contribution in [3.05, 3.63) is 36.0 Å². The van der Waals surface area contributed by atoms with Gasteiger partial charge in [-0.2, -0.15) is 5.26 Å². The molecule has 0 aliphatic rings. The first kappa shape index (κ1) is 10.0. The van der Waals surface area contributed by atoms with E-state index in [2.05, 4.69) is 4.98 Å². The van der Waals surface area contributed by atoms with Gasteiger partial charge in [0.15, 0.2) is 10.8 Å². The molecule has 0 saturated heterocycles. The molecule has 0 amide bonds. The van der Waals surface area contributed by atoms with E-state index in [1.807, 2.05) is 36.4 Å². The Labute approximate surface area is 95.6 Å². The van der Waals surface area contributed by atoms with Crippen LogP contribution in [0.25, 0.3) is 0 Å². The number of thiazole rings is 1. The molecule has 1 aromatic heterocycles. The number of nitrogens with zero attached hydrogens (tertiary/aromatic N) is 2. The summed E-state index contributed by atoms with van der Waals surface area (Å²) in [6.07, 6.45) is 0. The molecule has 1 heterocycles. The molecule has 5 heteroatoms. The lowest BCUT2D eigenvalue weighted by Crippen LogP contribution is -1.81. The van der Waals surface area contributed by atoms with Gasteiger partial charge in [0, 0.05) is 4.90 Å². The minimum absolute atomic E-state index is 0.409. The van der Waals surface area contributed by atoms with Crippen LogP contribution in [0.3, 0.4) is 0 Å². The second-order valence-electron chi connectivity index (χ2n) is 2.72. The lowest BCUT2D eigenvalue weighted by atomic mass is 10.4. The van der Waals surface area contributed by atoms with Crippen molar-refractivity contribution >= 4 is 28.2 Å². The number of nitrogen functional groups attached to an aromatic ring is 1. The predicted molar refractivity (Wildman–Crippen MR) is 61.8 cm³/mol. The minimum Gasteiger partial charge on any atom is -0.375 e. The second-order valence-corrected chi connectivity index (χ2v) is 5.09. The van der Waals surface area contributed by atoms with Crippen LogP contribution in [0.5, 0.6) is 0 Å². The smallest absolute Gasteiger partial charge is 0.182 e. The zero-order valence-electron chi connectivity index (χ0n) is 7.68. The number of rotatable bonds is 2. The van der Waals surface area contributed by atoms with Gasteiger partial charge in [-0.1, -0.05) is 41.3 Å². The van der Waals surface area contributed by atoms with Crippen molar-refractivity contribution in [1.82, 2.24) is 4.98 Å². The van der Waals surface area contributed by atoms with Gasteiger partial charge in [-0.15, -0.1) is 0 Å². The first-order valence-corrected chi connectivity index (χ1v) is 5.82. The van der Waals surface area contributed by atoms with E-state index < -0.39 is 0 Å². The normalized spacial score (nSPS) is 9.80. The van der Waals surface area contributed by atoms with Crippen molar-refractivity contribution in [1.29, 1.82) is 5.26 Å². The number of aromatic nitrogens is 1. The van der Waals surface area contributed by atoms with Crippen molar-refractivity contribution in [2.45, 2.75) is 9.10 Å². The summed E-state index contributed by atoms with van der Waals surface area (Å²) in [5.41, 5.74) is 5.96. The Balaban J connectivity index is 2.29. The SMILES string of the molecule is N#Cc1nc(N)sc1Sc1ccccc1. The van der Waals surface area contributed by atoms with Gasteiger partial charge in [0.2, 0.25) is 0 Å². The predicted octanol–water partition coefficient (Wildman–Crippen LogP) is 2.75. The van der Waals surface area contributed by atoms with Crippen molar-refractivity contribution in [3.63, 3.8) is 0 Å². The molecule has 0 atom stereocenters. The lowest BCUT2D eigenvalue weighted by molar-refractivity contribution is 1.29. The monoisotopic (exact) mass is 233 g/mol. The zero-order chi connectivity index (χ0) is 10.7. The summed E-state index contributed by atoms with van der Waals surface area (Å²) in [5.74, 6) is 0. The number of anilines is 1. The molecule has 15 heavy (non-hydrogen) atoms. The molecule has 0 aliphatic carbocycles. The van der Waals surface area contributed by atoms with Crippen molar-refractivity contribution in [2.24, 2.45) is 0 Å². The van der Waals surface area contributed by atoms with Gasteiger partial charge in [0.1, 0.15) is 10.3 Å². The van der Waals surface area contributed by atoms with Gasteiger partial charge in [-0.3, -0.25) is 0 Å². The van der Waals surface area contributed by atoms with Gasteiger partial charge in [0.25, 0.3) is 0 Å². The van der Waals surface area contributed by atoms with Crippen molar-refractivity contribution in [2.75, 3.05) is 5.73 Å². The summed E-state index contributed by atoms with van der Waals surface area (Å²) in [6.45, 7) is 0. The van der Waals surface area contributed by atoms with E-state index in [9.17, 15) is 0 Å².